The van der Waals surface area contributed by atoms with E-state index in [2.05, 4.69) is 15.9 Å². The second kappa shape index (κ2) is 8.49. The minimum Gasteiger partial charge on any atom is -0.340 e. The molecule has 0 bridgehead atoms. The van der Waals surface area contributed by atoms with Crippen LogP contribution in [-0.4, -0.2) is 49.7 Å². The first-order chi connectivity index (χ1) is 12.8. The summed E-state index contributed by atoms with van der Waals surface area (Å²) in [7, 11) is -3.84. The van der Waals surface area contributed by atoms with Crippen LogP contribution in [0, 0.1) is 0 Å². The molecule has 1 amide bonds. The molecule has 0 saturated carbocycles. The molecule has 1 fully saturated rings. The van der Waals surface area contributed by atoms with Gasteiger partial charge in [-0.05, 0) is 17.7 Å². The zero-order chi connectivity index (χ0) is 19.6. The Kier molecular flexibility index (Phi) is 6.48. The molecule has 144 valence electrons. The van der Waals surface area contributed by atoms with E-state index in [1.807, 2.05) is 30.3 Å². The Hall–Kier alpha value is -1.12. The average molecular weight is 492 g/mol. The highest BCUT2D eigenvalue weighted by Gasteiger charge is 2.33. The van der Waals surface area contributed by atoms with Gasteiger partial charge in [-0.3, -0.25) is 4.79 Å². The fraction of sp³-hybridized carbons (Fsp3) is 0.278. The summed E-state index contributed by atoms with van der Waals surface area (Å²) in [4.78, 5) is 14.0. The molecule has 1 saturated heterocycles. The highest BCUT2D eigenvalue weighted by atomic mass is 79.9. The van der Waals surface area contributed by atoms with Crippen molar-refractivity contribution in [1.82, 2.24) is 9.21 Å². The third-order valence-corrected chi connectivity index (χ3v) is 7.63. The molecule has 0 aromatic heterocycles. The quantitative estimate of drug-likeness (QED) is 0.653. The van der Waals surface area contributed by atoms with Gasteiger partial charge >= 0.3 is 0 Å². The van der Waals surface area contributed by atoms with Gasteiger partial charge in [0.2, 0.25) is 15.9 Å². The first-order valence-corrected chi connectivity index (χ1v) is 11.2. The van der Waals surface area contributed by atoms with E-state index in [0.29, 0.717) is 24.0 Å². The van der Waals surface area contributed by atoms with E-state index in [-0.39, 0.29) is 33.9 Å². The number of nitrogens with zero attached hydrogens (tertiary/aromatic N) is 2. The standard InChI is InChI=1S/C18H17BrCl2N2O3S/c19-14-11-15(20)18(16(21)12-14)27(25,26)23-8-6-22(7-9-23)17(24)10-13-4-2-1-3-5-13/h1-5,11-12H,6-10H2. The molecular weight excluding hydrogens is 475 g/mol. The summed E-state index contributed by atoms with van der Waals surface area (Å²) >= 11 is 15.5. The maximum Gasteiger partial charge on any atom is 0.246 e. The van der Waals surface area contributed by atoms with Crippen molar-refractivity contribution in [2.75, 3.05) is 26.2 Å². The lowest BCUT2D eigenvalue weighted by molar-refractivity contribution is -0.131. The summed E-state index contributed by atoms with van der Waals surface area (Å²) in [5.74, 6) is -0.0158. The highest BCUT2D eigenvalue weighted by molar-refractivity contribution is 9.10. The van der Waals surface area contributed by atoms with E-state index in [9.17, 15) is 13.2 Å². The Labute approximate surface area is 177 Å². The molecule has 0 radical (unpaired) electrons. The van der Waals surface area contributed by atoms with Crippen LogP contribution in [0.2, 0.25) is 10.0 Å². The third kappa shape index (κ3) is 4.66. The van der Waals surface area contributed by atoms with Crippen molar-refractivity contribution >= 4 is 55.1 Å². The summed E-state index contributed by atoms with van der Waals surface area (Å²) in [6, 6.07) is 12.5. The highest BCUT2D eigenvalue weighted by Crippen LogP contribution is 2.35. The topological polar surface area (TPSA) is 57.7 Å². The van der Waals surface area contributed by atoms with Crippen LogP contribution in [0.25, 0.3) is 0 Å². The fourth-order valence-corrected chi connectivity index (χ4v) is 6.27. The summed E-state index contributed by atoms with van der Waals surface area (Å²) in [6.45, 7) is 1.06. The lowest BCUT2D eigenvalue weighted by Crippen LogP contribution is -2.50. The van der Waals surface area contributed by atoms with Crippen molar-refractivity contribution in [2.24, 2.45) is 0 Å². The van der Waals surface area contributed by atoms with Gasteiger partial charge in [0, 0.05) is 30.7 Å². The molecule has 9 heteroatoms. The third-order valence-electron chi connectivity index (χ3n) is 4.35. The Bertz CT molecular complexity index is 923. The van der Waals surface area contributed by atoms with Crippen molar-refractivity contribution < 1.29 is 13.2 Å². The Balaban J connectivity index is 1.69. The van der Waals surface area contributed by atoms with Crippen LogP contribution in [0.1, 0.15) is 5.56 Å². The van der Waals surface area contributed by atoms with Crippen molar-refractivity contribution in [2.45, 2.75) is 11.3 Å². The first-order valence-electron chi connectivity index (χ1n) is 8.25. The van der Waals surface area contributed by atoms with Gasteiger partial charge < -0.3 is 4.90 Å². The molecule has 0 spiro atoms. The maximum absolute atomic E-state index is 12.9. The summed E-state index contributed by atoms with van der Waals surface area (Å²) in [5.41, 5.74) is 0.936. The van der Waals surface area contributed by atoms with E-state index in [4.69, 9.17) is 23.2 Å². The van der Waals surface area contributed by atoms with Gasteiger partial charge in [0.1, 0.15) is 4.90 Å². The van der Waals surface area contributed by atoms with Crippen LogP contribution < -0.4 is 0 Å². The molecule has 0 aliphatic carbocycles. The largest absolute Gasteiger partial charge is 0.340 e. The van der Waals surface area contributed by atoms with E-state index >= 15 is 0 Å². The first kappa shape index (κ1) is 20.6. The minimum atomic E-state index is -3.84. The van der Waals surface area contributed by atoms with Crippen LogP contribution in [-0.2, 0) is 21.2 Å². The lowest BCUT2D eigenvalue weighted by atomic mass is 10.1. The zero-order valence-electron chi connectivity index (χ0n) is 14.2. The number of amides is 1. The molecule has 5 nitrogen and oxygen atoms in total. The monoisotopic (exact) mass is 490 g/mol. The zero-order valence-corrected chi connectivity index (χ0v) is 18.2. The van der Waals surface area contributed by atoms with Crippen LogP contribution in [0.3, 0.4) is 0 Å². The van der Waals surface area contributed by atoms with Gasteiger partial charge in [0.15, 0.2) is 0 Å². The van der Waals surface area contributed by atoms with Gasteiger partial charge in [-0.15, -0.1) is 0 Å². The number of piperazine rings is 1. The van der Waals surface area contributed by atoms with Crippen molar-refractivity contribution in [3.05, 3.63) is 62.5 Å². The van der Waals surface area contributed by atoms with E-state index < -0.39 is 10.0 Å². The number of hydrogen-bond donors (Lipinski definition) is 0. The number of benzene rings is 2. The predicted molar refractivity (Wildman–Crippen MR) is 110 cm³/mol. The number of halogens is 3. The molecular formula is C18H17BrCl2N2O3S. The molecule has 2 aromatic rings. The smallest absolute Gasteiger partial charge is 0.246 e. The molecule has 3 rings (SSSR count). The van der Waals surface area contributed by atoms with Gasteiger partial charge in [-0.1, -0.05) is 69.5 Å². The van der Waals surface area contributed by atoms with Gasteiger partial charge in [-0.2, -0.15) is 4.31 Å². The molecule has 0 atom stereocenters. The van der Waals surface area contributed by atoms with Gasteiger partial charge in [0.25, 0.3) is 0 Å². The molecule has 0 N–H and O–H groups in total. The summed E-state index contributed by atoms with van der Waals surface area (Å²) in [6.07, 6.45) is 0.304. The van der Waals surface area contributed by atoms with Crippen LogP contribution >= 0.6 is 39.1 Å². The molecule has 1 heterocycles. The Morgan fingerprint density at radius 2 is 1.56 bits per heavy atom. The van der Waals surface area contributed by atoms with Crippen molar-refractivity contribution in [3.63, 3.8) is 0 Å². The Morgan fingerprint density at radius 1 is 1.00 bits per heavy atom. The molecule has 27 heavy (non-hydrogen) atoms. The van der Waals surface area contributed by atoms with Crippen molar-refractivity contribution in [1.29, 1.82) is 0 Å². The molecule has 1 aliphatic rings. The SMILES string of the molecule is O=C(Cc1ccccc1)N1CCN(S(=O)(=O)c2c(Cl)cc(Br)cc2Cl)CC1. The Morgan fingerprint density at radius 3 is 2.11 bits per heavy atom. The number of sulfonamides is 1. The van der Waals surface area contributed by atoms with Gasteiger partial charge in [0.05, 0.1) is 16.5 Å². The van der Waals surface area contributed by atoms with E-state index in [1.54, 1.807) is 4.90 Å². The molecule has 0 unspecified atom stereocenters. The van der Waals surface area contributed by atoms with Crippen LogP contribution in [0.4, 0.5) is 0 Å². The van der Waals surface area contributed by atoms with Crippen LogP contribution in [0.5, 0.6) is 0 Å². The molecule has 2 aromatic carbocycles. The maximum atomic E-state index is 12.9. The van der Waals surface area contributed by atoms with Crippen molar-refractivity contribution in [3.8, 4) is 0 Å². The second-order valence-corrected chi connectivity index (χ2v) is 9.75. The summed E-state index contributed by atoms with van der Waals surface area (Å²) in [5, 5.41) is 0.133. The number of carbonyl (C=O) groups excluding carboxylic acids is 1. The normalized spacial score (nSPS) is 15.7. The second-order valence-electron chi connectivity index (χ2n) is 6.15. The molecule has 1 aliphatic heterocycles. The predicted octanol–water partition coefficient (Wildman–Crippen LogP) is 3.83. The van der Waals surface area contributed by atoms with Gasteiger partial charge in [-0.25, -0.2) is 8.42 Å². The number of carbonyl (C=O) groups is 1. The fourth-order valence-electron chi connectivity index (χ4n) is 2.96. The number of hydrogen-bond acceptors (Lipinski definition) is 3. The van der Waals surface area contributed by atoms with E-state index in [0.717, 1.165) is 5.56 Å². The van der Waals surface area contributed by atoms with Crippen LogP contribution in [0.15, 0.2) is 51.8 Å². The van der Waals surface area contributed by atoms with E-state index in [1.165, 1.54) is 16.4 Å². The average Bonchev–Trinajstić information content (AvgIpc) is 2.61. The number of rotatable bonds is 4. The lowest BCUT2D eigenvalue weighted by Gasteiger charge is -2.34. The summed E-state index contributed by atoms with van der Waals surface area (Å²) < 4.78 is 27.8. The minimum absolute atomic E-state index is 0.0158.